The molecule has 0 amide bonds. The summed E-state index contributed by atoms with van der Waals surface area (Å²) in [6.07, 6.45) is 5.55. The third kappa shape index (κ3) is 2.30. The Balaban J connectivity index is 1.83. The standard InChI is InChI=1S/C16H22N2/c1-17-15(12-14-8-4-5-9-16(14)17)13-18-10-6-2-3-7-11-18/h4-5,8-9,12H,2-3,6-7,10-11,13H2,1H3. The highest BCUT2D eigenvalue weighted by molar-refractivity contribution is 5.81. The minimum Gasteiger partial charge on any atom is -0.346 e. The summed E-state index contributed by atoms with van der Waals surface area (Å²) in [7, 11) is 2.19. The predicted molar refractivity (Wildman–Crippen MR) is 76.7 cm³/mol. The van der Waals surface area contributed by atoms with Crippen LogP contribution in [0.1, 0.15) is 31.4 Å². The van der Waals surface area contributed by atoms with Gasteiger partial charge in [-0.3, -0.25) is 4.90 Å². The van der Waals surface area contributed by atoms with Gasteiger partial charge in [-0.05, 0) is 43.5 Å². The first-order valence-corrected chi connectivity index (χ1v) is 7.10. The lowest BCUT2D eigenvalue weighted by Gasteiger charge is -2.20. The average molecular weight is 242 g/mol. The fraction of sp³-hybridized carbons (Fsp3) is 0.500. The lowest BCUT2D eigenvalue weighted by Crippen LogP contribution is -2.25. The van der Waals surface area contributed by atoms with E-state index in [4.69, 9.17) is 0 Å². The summed E-state index contributed by atoms with van der Waals surface area (Å²) in [6.45, 7) is 3.63. The van der Waals surface area contributed by atoms with Gasteiger partial charge in [-0.2, -0.15) is 0 Å². The maximum atomic E-state index is 2.61. The molecule has 2 nitrogen and oxygen atoms in total. The molecule has 96 valence electrons. The van der Waals surface area contributed by atoms with E-state index in [-0.39, 0.29) is 0 Å². The van der Waals surface area contributed by atoms with E-state index >= 15 is 0 Å². The molecular weight excluding hydrogens is 220 g/mol. The van der Waals surface area contributed by atoms with Crippen molar-refractivity contribution in [2.45, 2.75) is 32.2 Å². The van der Waals surface area contributed by atoms with Crippen LogP contribution in [0.15, 0.2) is 30.3 Å². The fourth-order valence-electron chi connectivity index (χ4n) is 3.02. The van der Waals surface area contributed by atoms with Crippen LogP contribution in [0.3, 0.4) is 0 Å². The quantitative estimate of drug-likeness (QED) is 0.782. The van der Waals surface area contributed by atoms with Crippen LogP contribution in [0, 0.1) is 0 Å². The minimum absolute atomic E-state index is 1.10. The highest BCUT2D eigenvalue weighted by Crippen LogP contribution is 2.20. The molecule has 3 rings (SSSR count). The van der Waals surface area contributed by atoms with E-state index in [1.807, 2.05) is 0 Å². The van der Waals surface area contributed by atoms with Crippen molar-refractivity contribution in [1.29, 1.82) is 0 Å². The number of para-hydroxylation sites is 1. The Kier molecular flexibility index (Phi) is 3.37. The number of hydrogen-bond donors (Lipinski definition) is 0. The molecule has 0 atom stereocenters. The van der Waals surface area contributed by atoms with Gasteiger partial charge < -0.3 is 4.57 Å². The van der Waals surface area contributed by atoms with E-state index in [0.29, 0.717) is 0 Å². The normalized spacial score (nSPS) is 18.1. The molecular formula is C16H22N2. The smallest absolute Gasteiger partial charge is 0.0480 e. The highest BCUT2D eigenvalue weighted by Gasteiger charge is 2.12. The second-order valence-electron chi connectivity index (χ2n) is 5.44. The van der Waals surface area contributed by atoms with Gasteiger partial charge in [-0.15, -0.1) is 0 Å². The van der Waals surface area contributed by atoms with Crippen molar-refractivity contribution in [3.8, 4) is 0 Å². The van der Waals surface area contributed by atoms with Crippen LogP contribution in [-0.4, -0.2) is 22.6 Å². The summed E-state index contributed by atoms with van der Waals surface area (Å²) in [4.78, 5) is 2.61. The van der Waals surface area contributed by atoms with E-state index in [0.717, 1.165) is 6.54 Å². The number of likely N-dealkylation sites (tertiary alicyclic amines) is 1. The molecule has 0 radical (unpaired) electrons. The molecule has 1 aliphatic rings. The Labute approximate surface area is 109 Å². The van der Waals surface area contributed by atoms with Crippen molar-refractivity contribution >= 4 is 10.9 Å². The second-order valence-corrected chi connectivity index (χ2v) is 5.44. The SMILES string of the molecule is Cn1c(CN2CCCCCC2)cc2ccccc21. The Morgan fingerprint density at radius 3 is 2.44 bits per heavy atom. The van der Waals surface area contributed by atoms with E-state index in [1.165, 1.54) is 55.4 Å². The van der Waals surface area contributed by atoms with Gasteiger partial charge in [0.1, 0.15) is 0 Å². The van der Waals surface area contributed by atoms with Crippen LogP contribution in [0.4, 0.5) is 0 Å². The minimum atomic E-state index is 1.10. The number of aromatic nitrogens is 1. The molecule has 0 N–H and O–H groups in total. The molecule has 1 aliphatic heterocycles. The lowest BCUT2D eigenvalue weighted by molar-refractivity contribution is 0.271. The molecule has 2 heteroatoms. The lowest BCUT2D eigenvalue weighted by atomic mass is 10.2. The molecule has 0 spiro atoms. The highest BCUT2D eigenvalue weighted by atomic mass is 15.1. The Morgan fingerprint density at radius 2 is 1.72 bits per heavy atom. The molecule has 1 aromatic carbocycles. The summed E-state index contributed by atoms with van der Waals surface area (Å²) in [5, 5.41) is 1.37. The number of hydrogen-bond acceptors (Lipinski definition) is 1. The number of benzene rings is 1. The molecule has 2 heterocycles. The number of nitrogens with zero attached hydrogens (tertiary/aromatic N) is 2. The first-order valence-electron chi connectivity index (χ1n) is 7.10. The Bertz CT molecular complexity index is 519. The summed E-state index contributed by atoms with van der Waals surface area (Å²) in [5.41, 5.74) is 2.79. The van der Waals surface area contributed by atoms with Crippen LogP contribution in [0.25, 0.3) is 10.9 Å². The van der Waals surface area contributed by atoms with Crippen LogP contribution < -0.4 is 0 Å². The predicted octanol–water partition coefficient (Wildman–Crippen LogP) is 3.55. The van der Waals surface area contributed by atoms with Crippen molar-refractivity contribution in [1.82, 2.24) is 9.47 Å². The van der Waals surface area contributed by atoms with Gasteiger partial charge in [0.05, 0.1) is 0 Å². The number of fused-ring (bicyclic) bond motifs is 1. The Hall–Kier alpha value is -1.28. The second kappa shape index (κ2) is 5.15. The monoisotopic (exact) mass is 242 g/mol. The number of rotatable bonds is 2. The molecule has 0 bridgehead atoms. The van der Waals surface area contributed by atoms with Crippen molar-refractivity contribution in [2.75, 3.05) is 13.1 Å². The maximum absolute atomic E-state index is 2.61. The molecule has 1 aromatic heterocycles. The van der Waals surface area contributed by atoms with Gasteiger partial charge in [0.15, 0.2) is 0 Å². The average Bonchev–Trinajstić information content (AvgIpc) is 2.58. The van der Waals surface area contributed by atoms with Gasteiger partial charge >= 0.3 is 0 Å². The van der Waals surface area contributed by atoms with Gasteiger partial charge in [-0.1, -0.05) is 31.0 Å². The van der Waals surface area contributed by atoms with Crippen LogP contribution in [0.2, 0.25) is 0 Å². The van der Waals surface area contributed by atoms with E-state index < -0.39 is 0 Å². The first-order chi connectivity index (χ1) is 8.84. The first kappa shape index (κ1) is 11.8. The van der Waals surface area contributed by atoms with E-state index in [9.17, 15) is 0 Å². The maximum Gasteiger partial charge on any atom is 0.0480 e. The zero-order chi connectivity index (χ0) is 12.4. The topological polar surface area (TPSA) is 8.17 Å². The molecule has 1 saturated heterocycles. The van der Waals surface area contributed by atoms with Crippen molar-refractivity contribution in [2.24, 2.45) is 7.05 Å². The molecule has 0 unspecified atom stereocenters. The fourth-order valence-corrected chi connectivity index (χ4v) is 3.02. The van der Waals surface area contributed by atoms with Crippen molar-refractivity contribution < 1.29 is 0 Å². The summed E-state index contributed by atoms with van der Waals surface area (Å²) < 4.78 is 2.35. The molecule has 1 fully saturated rings. The third-order valence-corrected chi connectivity index (χ3v) is 4.14. The van der Waals surface area contributed by atoms with E-state index in [2.05, 4.69) is 46.8 Å². The molecule has 0 saturated carbocycles. The van der Waals surface area contributed by atoms with Crippen LogP contribution in [0.5, 0.6) is 0 Å². The third-order valence-electron chi connectivity index (χ3n) is 4.14. The Morgan fingerprint density at radius 1 is 1.00 bits per heavy atom. The largest absolute Gasteiger partial charge is 0.346 e. The summed E-state index contributed by atoms with van der Waals surface area (Å²) in [5.74, 6) is 0. The van der Waals surface area contributed by atoms with Crippen molar-refractivity contribution in [3.63, 3.8) is 0 Å². The zero-order valence-corrected chi connectivity index (χ0v) is 11.2. The van der Waals surface area contributed by atoms with Crippen LogP contribution >= 0.6 is 0 Å². The summed E-state index contributed by atoms with van der Waals surface area (Å²) >= 11 is 0. The van der Waals surface area contributed by atoms with Gasteiger partial charge in [0, 0.05) is 24.8 Å². The number of aryl methyl sites for hydroxylation is 1. The van der Waals surface area contributed by atoms with Crippen LogP contribution in [-0.2, 0) is 13.6 Å². The van der Waals surface area contributed by atoms with Crippen molar-refractivity contribution in [3.05, 3.63) is 36.0 Å². The molecule has 18 heavy (non-hydrogen) atoms. The molecule has 0 aliphatic carbocycles. The van der Waals surface area contributed by atoms with E-state index in [1.54, 1.807) is 0 Å². The van der Waals surface area contributed by atoms with Gasteiger partial charge in [0.2, 0.25) is 0 Å². The zero-order valence-electron chi connectivity index (χ0n) is 11.2. The molecule has 2 aromatic rings. The van der Waals surface area contributed by atoms with Gasteiger partial charge in [0.25, 0.3) is 0 Å². The summed E-state index contributed by atoms with van der Waals surface area (Å²) in [6, 6.07) is 11.0. The van der Waals surface area contributed by atoms with Gasteiger partial charge in [-0.25, -0.2) is 0 Å².